The third kappa shape index (κ3) is 5.68. The Balaban J connectivity index is 2.70. The van der Waals surface area contributed by atoms with Crippen LogP contribution in [0.3, 0.4) is 0 Å². The molecule has 0 radical (unpaired) electrons. The first-order valence-corrected chi connectivity index (χ1v) is 8.72. The van der Waals surface area contributed by atoms with Crippen LogP contribution < -0.4 is 10.5 Å². The molecule has 3 N–H and O–H groups in total. The number of halogens is 1. The fourth-order valence-corrected chi connectivity index (χ4v) is 3.08. The number of hydrogen-bond acceptors (Lipinski definition) is 3. The van der Waals surface area contributed by atoms with Crippen molar-refractivity contribution in [3.8, 4) is 0 Å². The molecule has 4 nitrogen and oxygen atoms in total. The predicted octanol–water partition coefficient (Wildman–Crippen LogP) is 2.56. The number of rotatable bonds is 8. The van der Waals surface area contributed by atoms with E-state index < -0.39 is 15.8 Å². The highest BCUT2D eigenvalue weighted by molar-refractivity contribution is 7.89. The van der Waals surface area contributed by atoms with Crippen LogP contribution in [0.1, 0.15) is 38.7 Å². The average Bonchev–Trinajstić information content (AvgIpc) is 2.37. The summed E-state index contributed by atoms with van der Waals surface area (Å²) < 4.78 is 40.1. The molecule has 0 aliphatic heterocycles. The van der Waals surface area contributed by atoms with Crippen LogP contribution in [-0.2, 0) is 10.0 Å². The van der Waals surface area contributed by atoms with Crippen LogP contribution in [0.5, 0.6) is 0 Å². The van der Waals surface area contributed by atoms with Gasteiger partial charge in [0.15, 0.2) is 0 Å². The number of unbranched alkanes of at least 4 members (excludes halogenated alkanes) is 1. The lowest BCUT2D eigenvalue weighted by Crippen LogP contribution is -2.25. The standard InChI is InChI=1S/C14H21FN2O2S2/c1-10(2)5-3-4-8-17-21(18,19)11-6-7-13(15)12(9-11)14(16)20/h6-7,9-10,17H,3-5,8H2,1-2H3,(H2,16,20). The van der Waals surface area contributed by atoms with Crippen molar-refractivity contribution in [3.05, 3.63) is 29.6 Å². The van der Waals surface area contributed by atoms with Crippen LogP contribution in [0.25, 0.3) is 0 Å². The predicted molar refractivity (Wildman–Crippen MR) is 86.2 cm³/mol. The van der Waals surface area contributed by atoms with Gasteiger partial charge in [-0.1, -0.05) is 38.9 Å². The molecule has 21 heavy (non-hydrogen) atoms. The molecule has 0 spiro atoms. The first-order chi connectivity index (χ1) is 9.74. The maximum absolute atomic E-state index is 13.5. The van der Waals surface area contributed by atoms with Crippen molar-refractivity contribution in [2.45, 2.75) is 38.0 Å². The van der Waals surface area contributed by atoms with Gasteiger partial charge in [0, 0.05) is 12.1 Å². The molecule has 1 aromatic rings. The third-order valence-corrected chi connectivity index (χ3v) is 4.69. The smallest absolute Gasteiger partial charge is 0.240 e. The molecular formula is C14H21FN2O2S2. The largest absolute Gasteiger partial charge is 0.389 e. The Bertz CT molecular complexity index is 601. The Labute approximate surface area is 131 Å². The number of nitrogens with two attached hydrogens (primary N) is 1. The molecule has 0 aromatic heterocycles. The molecule has 118 valence electrons. The van der Waals surface area contributed by atoms with Crippen molar-refractivity contribution in [2.75, 3.05) is 6.54 Å². The summed E-state index contributed by atoms with van der Waals surface area (Å²) in [4.78, 5) is -0.197. The summed E-state index contributed by atoms with van der Waals surface area (Å²) in [5, 5.41) is 0. The normalized spacial score (nSPS) is 11.8. The molecule has 1 aromatic carbocycles. The molecule has 0 aliphatic carbocycles. The third-order valence-electron chi connectivity index (χ3n) is 3.01. The Morgan fingerprint density at radius 2 is 2.05 bits per heavy atom. The number of nitrogens with one attached hydrogen (secondary N) is 1. The molecule has 0 amide bonds. The minimum absolute atomic E-state index is 0.0319. The summed E-state index contributed by atoms with van der Waals surface area (Å²) in [6.07, 6.45) is 2.78. The van der Waals surface area contributed by atoms with Gasteiger partial charge in [-0.3, -0.25) is 0 Å². The summed E-state index contributed by atoms with van der Waals surface area (Å²) in [6.45, 7) is 4.61. The minimum Gasteiger partial charge on any atom is -0.389 e. The molecule has 0 bridgehead atoms. The molecule has 0 saturated carbocycles. The van der Waals surface area contributed by atoms with Crippen LogP contribution in [-0.4, -0.2) is 20.0 Å². The van der Waals surface area contributed by atoms with E-state index in [9.17, 15) is 12.8 Å². The number of benzene rings is 1. The van der Waals surface area contributed by atoms with Crippen LogP contribution in [0.4, 0.5) is 4.39 Å². The van der Waals surface area contributed by atoms with Crippen molar-refractivity contribution >= 4 is 27.2 Å². The highest BCUT2D eigenvalue weighted by Gasteiger charge is 2.16. The number of sulfonamides is 1. The maximum atomic E-state index is 13.5. The van der Waals surface area contributed by atoms with E-state index in [4.69, 9.17) is 18.0 Å². The lowest BCUT2D eigenvalue weighted by Gasteiger charge is -2.09. The lowest BCUT2D eigenvalue weighted by atomic mass is 10.1. The Morgan fingerprint density at radius 1 is 1.38 bits per heavy atom. The minimum atomic E-state index is -3.67. The SMILES string of the molecule is CC(C)CCCCNS(=O)(=O)c1ccc(F)c(C(N)=S)c1. The van der Waals surface area contributed by atoms with Crippen molar-refractivity contribution in [3.63, 3.8) is 0 Å². The Morgan fingerprint density at radius 3 is 2.62 bits per heavy atom. The second-order valence-electron chi connectivity index (χ2n) is 5.29. The Kier molecular flexibility index (Phi) is 6.70. The quantitative estimate of drug-likeness (QED) is 0.567. The number of hydrogen-bond donors (Lipinski definition) is 2. The molecule has 0 atom stereocenters. The van der Waals surface area contributed by atoms with Gasteiger partial charge in [0.2, 0.25) is 10.0 Å². The molecule has 7 heteroatoms. The van der Waals surface area contributed by atoms with E-state index in [-0.39, 0.29) is 15.4 Å². The highest BCUT2D eigenvalue weighted by atomic mass is 32.2. The first-order valence-electron chi connectivity index (χ1n) is 6.83. The fraction of sp³-hybridized carbons (Fsp3) is 0.500. The second-order valence-corrected chi connectivity index (χ2v) is 7.50. The van der Waals surface area contributed by atoms with Gasteiger partial charge in [-0.2, -0.15) is 0 Å². The van der Waals surface area contributed by atoms with E-state index in [0.29, 0.717) is 12.5 Å². The topological polar surface area (TPSA) is 72.2 Å². The van der Waals surface area contributed by atoms with E-state index >= 15 is 0 Å². The molecule has 0 heterocycles. The van der Waals surface area contributed by atoms with Crippen molar-refractivity contribution in [2.24, 2.45) is 11.7 Å². The highest BCUT2D eigenvalue weighted by Crippen LogP contribution is 2.15. The number of thiocarbonyl (C=S) groups is 1. The van der Waals surface area contributed by atoms with Gasteiger partial charge >= 0.3 is 0 Å². The molecule has 0 saturated heterocycles. The van der Waals surface area contributed by atoms with Gasteiger partial charge in [0.1, 0.15) is 10.8 Å². The zero-order valence-electron chi connectivity index (χ0n) is 12.2. The summed E-state index contributed by atoms with van der Waals surface area (Å²) >= 11 is 4.70. The van der Waals surface area contributed by atoms with Gasteiger partial charge in [-0.05, 0) is 30.5 Å². The second kappa shape index (κ2) is 7.82. The van der Waals surface area contributed by atoms with E-state index in [1.54, 1.807) is 0 Å². The van der Waals surface area contributed by atoms with Gasteiger partial charge in [0.25, 0.3) is 0 Å². The van der Waals surface area contributed by atoms with Crippen LogP contribution in [0.15, 0.2) is 23.1 Å². The monoisotopic (exact) mass is 332 g/mol. The van der Waals surface area contributed by atoms with Crippen molar-refractivity contribution in [1.82, 2.24) is 4.72 Å². The zero-order chi connectivity index (χ0) is 16.0. The summed E-state index contributed by atoms with van der Waals surface area (Å²) in [5.41, 5.74) is 5.31. The van der Waals surface area contributed by atoms with Crippen molar-refractivity contribution in [1.29, 1.82) is 0 Å². The Hall–Kier alpha value is -1.05. The fourth-order valence-electron chi connectivity index (χ4n) is 1.83. The molecule has 0 unspecified atom stereocenters. The summed E-state index contributed by atoms with van der Waals surface area (Å²) in [5.74, 6) is -0.0230. The summed E-state index contributed by atoms with van der Waals surface area (Å²) in [6, 6.07) is 3.42. The molecule has 0 fully saturated rings. The molecule has 1 rings (SSSR count). The van der Waals surface area contributed by atoms with Crippen LogP contribution in [0, 0.1) is 11.7 Å². The van der Waals surface area contributed by atoms with E-state index in [1.807, 2.05) is 0 Å². The van der Waals surface area contributed by atoms with E-state index in [1.165, 1.54) is 6.07 Å². The van der Waals surface area contributed by atoms with Gasteiger partial charge in [0.05, 0.1) is 4.90 Å². The maximum Gasteiger partial charge on any atom is 0.240 e. The molecule has 0 aliphatic rings. The van der Waals surface area contributed by atoms with Crippen molar-refractivity contribution < 1.29 is 12.8 Å². The lowest BCUT2D eigenvalue weighted by molar-refractivity contribution is 0.530. The summed E-state index contributed by atoms with van der Waals surface area (Å²) in [7, 11) is -3.67. The van der Waals surface area contributed by atoms with Crippen LogP contribution in [0.2, 0.25) is 0 Å². The van der Waals surface area contributed by atoms with Gasteiger partial charge in [-0.15, -0.1) is 0 Å². The van der Waals surface area contributed by atoms with E-state index in [2.05, 4.69) is 18.6 Å². The van der Waals surface area contributed by atoms with Gasteiger partial charge < -0.3 is 5.73 Å². The van der Waals surface area contributed by atoms with Crippen LogP contribution >= 0.6 is 12.2 Å². The molecular weight excluding hydrogens is 311 g/mol. The zero-order valence-corrected chi connectivity index (χ0v) is 13.9. The average molecular weight is 332 g/mol. The first kappa shape index (κ1) is 18.0. The van der Waals surface area contributed by atoms with Gasteiger partial charge in [-0.25, -0.2) is 17.5 Å². The van der Waals surface area contributed by atoms with E-state index in [0.717, 1.165) is 31.4 Å².